The number of aromatic nitrogens is 2. The van der Waals surface area contributed by atoms with Crippen molar-refractivity contribution in [2.45, 2.75) is 13.8 Å². The Kier molecular flexibility index (Phi) is 3.69. The molecular weight excluding hydrogens is 308 g/mol. The third-order valence-corrected chi connectivity index (χ3v) is 4.56. The minimum atomic E-state index is 0.586. The van der Waals surface area contributed by atoms with Crippen LogP contribution in [0.25, 0.3) is 33.5 Å². The summed E-state index contributed by atoms with van der Waals surface area (Å²) in [5, 5.41) is 13.3. The molecular formula is C22H18N2O. The molecule has 0 fully saturated rings. The van der Waals surface area contributed by atoms with E-state index in [1.54, 1.807) is 0 Å². The molecule has 0 bridgehead atoms. The van der Waals surface area contributed by atoms with Crippen LogP contribution in [0.3, 0.4) is 0 Å². The summed E-state index contributed by atoms with van der Waals surface area (Å²) in [7, 11) is 0. The highest BCUT2D eigenvalue weighted by atomic mass is 16.5. The molecule has 0 saturated heterocycles. The van der Waals surface area contributed by atoms with Crippen molar-refractivity contribution in [2.24, 2.45) is 0 Å². The first kappa shape index (κ1) is 15.3. The summed E-state index contributed by atoms with van der Waals surface area (Å²) in [4.78, 5) is 4.86. The number of benzene rings is 3. The molecule has 3 nitrogen and oxygen atoms in total. The predicted octanol–water partition coefficient (Wildman–Crippen LogP) is 4.82. The number of aryl methyl sites for hydroxylation is 2. The molecule has 0 aliphatic heterocycles. The first-order chi connectivity index (χ1) is 12.1. The van der Waals surface area contributed by atoms with Crippen LogP contribution in [0.1, 0.15) is 11.1 Å². The van der Waals surface area contributed by atoms with E-state index < -0.39 is 0 Å². The number of hydrogen-bond acceptors (Lipinski definition) is 2. The number of rotatable bonds is 2. The van der Waals surface area contributed by atoms with E-state index in [9.17, 15) is 5.21 Å². The van der Waals surface area contributed by atoms with E-state index in [2.05, 4.69) is 0 Å². The molecule has 25 heavy (non-hydrogen) atoms. The van der Waals surface area contributed by atoms with Crippen molar-refractivity contribution in [1.29, 1.82) is 0 Å². The van der Waals surface area contributed by atoms with Gasteiger partial charge in [0.15, 0.2) is 0 Å². The van der Waals surface area contributed by atoms with Gasteiger partial charge in [0, 0.05) is 17.2 Å². The monoisotopic (exact) mass is 326 g/mol. The van der Waals surface area contributed by atoms with E-state index in [1.807, 2.05) is 86.6 Å². The Morgan fingerprint density at radius 3 is 1.96 bits per heavy atom. The van der Waals surface area contributed by atoms with Gasteiger partial charge >= 0.3 is 0 Å². The molecule has 0 saturated carbocycles. The van der Waals surface area contributed by atoms with Gasteiger partial charge in [0.1, 0.15) is 11.2 Å². The average molecular weight is 326 g/mol. The molecule has 1 aromatic heterocycles. The van der Waals surface area contributed by atoms with Crippen LogP contribution in [-0.2, 0) is 0 Å². The van der Waals surface area contributed by atoms with Gasteiger partial charge in [-0.1, -0.05) is 48.5 Å². The highest BCUT2D eigenvalue weighted by Gasteiger charge is 2.22. The molecule has 0 atom stereocenters. The van der Waals surface area contributed by atoms with Crippen LogP contribution >= 0.6 is 0 Å². The zero-order valence-corrected chi connectivity index (χ0v) is 14.2. The SMILES string of the molecule is Cc1cc2nc(-c3ccccc3)c(-c3ccccc3)[n+]([O-])c2cc1C. The quantitative estimate of drug-likeness (QED) is 0.391. The van der Waals surface area contributed by atoms with E-state index in [-0.39, 0.29) is 0 Å². The van der Waals surface area contributed by atoms with Crippen molar-refractivity contribution in [3.05, 3.63) is 89.1 Å². The normalized spacial score (nSPS) is 11.0. The summed E-state index contributed by atoms with van der Waals surface area (Å²) >= 11 is 0. The smallest absolute Gasteiger partial charge is 0.250 e. The van der Waals surface area contributed by atoms with Gasteiger partial charge < -0.3 is 5.21 Å². The third kappa shape index (κ3) is 2.64. The largest absolute Gasteiger partial charge is 0.618 e. The van der Waals surface area contributed by atoms with E-state index >= 15 is 0 Å². The molecule has 0 spiro atoms. The Hall–Kier alpha value is -3.20. The van der Waals surface area contributed by atoms with Crippen molar-refractivity contribution in [2.75, 3.05) is 0 Å². The molecule has 0 aliphatic carbocycles. The Morgan fingerprint density at radius 2 is 1.32 bits per heavy atom. The highest BCUT2D eigenvalue weighted by Crippen LogP contribution is 2.30. The second-order valence-electron chi connectivity index (χ2n) is 6.26. The van der Waals surface area contributed by atoms with Crippen molar-refractivity contribution in [3.63, 3.8) is 0 Å². The van der Waals surface area contributed by atoms with E-state index in [0.717, 1.165) is 32.5 Å². The van der Waals surface area contributed by atoms with Gasteiger partial charge in [-0.3, -0.25) is 0 Å². The fraction of sp³-hybridized carbons (Fsp3) is 0.0909. The van der Waals surface area contributed by atoms with Gasteiger partial charge in [0.2, 0.25) is 5.52 Å². The minimum absolute atomic E-state index is 0.586. The number of nitrogens with zero attached hydrogens (tertiary/aromatic N) is 2. The van der Waals surface area contributed by atoms with Gasteiger partial charge in [-0.2, -0.15) is 4.73 Å². The minimum Gasteiger partial charge on any atom is -0.618 e. The molecule has 122 valence electrons. The molecule has 3 aromatic carbocycles. The number of fused-ring (bicyclic) bond motifs is 1. The molecule has 1 heterocycles. The van der Waals surface area contributed by atoms with Crippen molar-refractivity contribution < 1.29 is 4.73 Å². The molecule has 4 rings (SSSR count). The first-order valence-electron chi connectivity index (χ1n) is 8.30. The lowest BCUT2D eigenvalue weighted by atomic mass is 10.0. The summed E-state index contributed by atoms with van der Waals surface area (Å²) in [5.41, 5.74) is 6.63. The zero-order chi connectivity index (χ0) is 17.4. The standard InChI is InChI=1S/C22H18N2O/c1-15-13-19-20(14-16(15)2)24(25)22(18-11-7-4-8-12-18)21(23-19)17-9-5-3-6-10-17/h3-14H,1-2H3. The fourth-order valence-electron chi connectivity index (χ4n) is 3.08. The lowest BCUT2D eigenvalue weighted by molar-refractivity contribution is -0.564. The maximum atomic E-state index is 13.3. The average Bonchev–Trinajstić information content (AvgIpc) is 2.65. The van der Waals surface area contributed by atoms with Gasteiger partial charge in [0.25, 0.3) is 5.69 Å². The van der Waals surface area contributed by atoms with Crippen molar-refractivity contribution >= 4 is 11.0 Å². The second-order valence-corrected chi connectivity index (χ2v) is 6.26. The molecule has 3 heteroatoms. The topological polar surface area (TPSA) is 39.8 Å². The molecule has 0 amide bonds. The Balaban J connectivity index is 2.13. The van der Waals surface area contributed by atoms with Crippen LogP contribution in [0.5, 0.6) is 0 Å². The Bertz CT molecular complexity index is 1060. The first-order valence-corrected chi connectivity index (χ1v) is 8.30. The fourth-order valence-corrected chi connectivity index (χ4v) is 3.08. The highest BCUT2D eigenvalue weighted by molar-refractivity contribution is 5.83. The van der Waals surface area contributed by atoms with E-state index in [0.29, 0.717) is 16.9 Å². The summed E-state index contributed by atoms with van der Waals surface area (Å²) in [6.45, 7) is 4.06. The van der Waals surface area contributed by atoms with Crippen LogP contribution < -0.4 is 4.73 Å². The Morgan fingerprint density at radius 1 is 0.760 bits per heavy atom. The molecule has 0 unspecified atom stereocenters. The molecule has 0 aliphatic rings. The van der Waals surface area contributed by atoms with Crippen molar-refractivity contribution in [3.8, 4) is 22.5 Å². The zero-order valence-electron chi connectivity index (χ0n) is 14.2. The van der Waals surface area contributed by atoms with Crippen LogP contribution in [0.2, 0.25) is 0 Å². The molecule has 0 N–H and O–H groups in total. The third-order valence-electron chi connectivity index (χ3n) is 4.56. The maximum absolute atomic E-state index is 13.3. The number of hydrogen-bond donors (Lipinski definition) is 0. The summed E-state index contributed by atoms with van der Waals surface area (Å²) in [6, 6.07) is 23.5. The summed E-state index contributed by atoms with van der Waals surface area (Å²) < 4.78 is 1.02. The summed E-state index contributed by atoms with van der Waals surface area (Å²) in [6.07, 6.45) is 0. The lowest BCUT2D eigenvalue weighted by Crippen LogP contribution is -2.32. The summed E-state index contributed by atoms with van der Waals surface area (Å²) in [5.74, 6) is 0. The van der Waals surface area contributed by atoms with Crippen molar-refractivity contribution in [1.82, 2.24) is 4.98 Å². The van der Waals surface area contributed by atoms with Crippen LogP contribution in [-0.4, -0.2) is 4.98 Å². The van der Waals surface area contributed by atoms with Gasteiger partial charge in [-0.15, -0.1) is 0 Å². The molecule has 4 aromatic rings. The van der Waals surface area contributed by atoms with Crippen LogP contribution in [0.4, 0.5) is 0 Å². The van der Waals surface area contributed by atoms with E-state index in [1.165, 1.54) is 0 Å². The van der Waals surface area contributed by atoms with Gasteiger partial charge in [-0.25, -0.2) is 4.98 Å². The maximum Gasteiger partial charge on any atom is 0.250 e. The van der Waals surface area contributed by atoms with Crippen LogP contribution in [0, 0.1) is 19.1 Å². The lowest BCUT2D eigenvalue weighted by Gasteiger charge is -2.13. The molecule has 0 radical (unpaired) electrons. The second kappa shape index (κ2) is 6.02. The Labute approximate surface area is 146 Å². The van der Waals surface area contributed by atoms with Gasteiger partial charge in [0.05, 0.1) is 0 Å². The predicted molar refractivity (Wildman–Crippen MR) is 101 cm³/mol. The van der Waals surface area contributed by atoms with Gasteiger partial charge in [-0.05, 0) is 43.2 Å². The van der Waals surface area contributed by atoms with E-state index in [4.69, 9.17) is 4.98 Å². The van der Waals surface area contributed by atoms with Crippen LogP contribution in [0.15, 0.2) is 72.8 Å².